The molecule has 4 heteroatoms. The van der Waals surface area contributed by atoms with Crippen LogP contribution in [0, 0.1) is 6.92 Å². The molecule has 10 aromatic rings. The highest BCUT2D eigenvalue weighted by Crippen LogP contribution is 2.55. The maximum atomic E-state index is 2.45. The summed E-state index contributed by atoms with van der Waals surface area (Å²) < 4.78 is 0. The average Bonchev–Trinajstić information content (AvgIpc) is 3.31. The van der Waals surface area contributed by atoms with E-state index in [4.69, 9.17) is 0 Å². The fraction of sp³-hybridized carbons (Fsp3) is 0.0526. The maximum absolute atomic E-state index is 2.45. The second-order valence-electron chi connectivity index (χ2n) is 16.3. The lowest BCUT2D eigenvalue weighted by molar-refractivity contribution is 1.13. The highest BCUT2D eigenvalue weighted by Gasteiger charge is 2.30. The first-order valence-corrected chi connectivity index (χ1v) is 21.1. The van der Waals surface area contributed by atoms with Crippen LogP contribution in [0.25, 0.3) is 54.6 Å². The highest BCUT2D eigenvalue weighted by atomic mass is 15.3. The van der Waals surface area contributed by atoms with Gasteiger partial charge in [-0.05, 0) is 134 Å². The molecule has 2 heterocycles. The van der Waals surface area contributed by atoms with Gasteiger partial charge in [-0.1, -0.05) is 133 Å². The highest BCUT2D eigenvalue weighted by molar-refractivity contribution is 6.25. The van der Waals surface area contributed by atoms with E-state index in [1.54, 1.807) is 0 Å². The van der Waals surface area contributed by atoms with Gasteiger partial charge < -0.3 is 19.6 Å². The Morgan fingerprint density at radius 3 is 1.23 bits per heavy atom. The summed E-state index contributed by atoms with van der Waals surface area (Å²) in [5, 5.41) is 7.33. The molecule has 0 bridgehead atoms. The van der Waals surface area contributed by atoms with Gasteiger partial charge in [0.05, 0.1) is 45.5 Å². The van der Waals surface area contributed by atoms with Crippen molar-refractivity contribution in [3.63, 3.8) is 0 Å². The van der Waals surface area contributed by atoms with E-state index in [1.165, 1.54) is 82.9 Å². The molecular formula is C57H42N4. The minimum Gasteiger partial charge on any atom is -0.341 e. The lowest BCUT2D eigenvalue weighted by Crippen LogP contribution is -2.24. The standard InChI is InChI=1S/C57H42N4/c1-37-27-29-39(30-28-37)56-44-33-31-41(61-54-25-12-8-21-50(54)59(3)51-22-9-13-26-55(51)61)36-47(44)57(43-18-14-16-38-15-4-5-17-42(38)43)45-34-32-40(35-46(45)56)60-52-23-10-6-19-48(52)58(2)49-20-7-11-24-53(49)60/h4-36H,1-3H3. The number of hydrogen-bond acceptors (Lipinski definition) is 4. The van der Waals surface area contributed by atoms with Crippen LogP contribution in [-0.2, 0) is 0 Å². The number of para-hydroxylation sites is 8. The van der Waals surface area contributed by atoms with Crippen molar-refractivity contribution in [3.05, 3.63) is 206 Å². The predicted molar refractivity (Wildman–Crippen MR) is 260 cm³/mol. The van der Waals surface area contributed by atoms with Gasteiger partial charge in [-0.15, -0.1) is 0 Å². The van der Waals surface area contributed by atoms with Crippen LogP contribution in [0.4, 0.5) is 56.9 Å². The normalized spacial score (nSPS) is 13.0. The molecule has 61 heavy (non-hydrogen) atoms. The summed E-state index contributed by atoms with van der Waals surface area (Å²) in [5.41, 5.74) is 17.7. The van der Waals surface area contributed by atoms with E-state index in [9.17, 15) is 0 Å². The quantitative estimate of drug-likeness (QED) is 0.165. The summed E-state index contributed by atoms with van der Waals surface area (Å²) in [5.74, 6) is 0. The molecule has 12 rings (SSSR count). The Morgan fingerprint density at radius 2 is 0.721 bits per heavy atom. The van der Waals surface area contributed by atoms with Crippen LogP contribution in [0.15, 0.2) is 200 Å². The summed E-state index contributed by atoms with van der Waals surface area (Å²) in [6.45, 7) is 2.17. The van der Waals surface area contributed by atoms with Crippen molar-refractivity contribution in [3.8, 4) is 22.3 Å². The summed E-state index contributed by atoms with van der Waals surface area (Å²) in [4.78, 5) is 9.50. The first kappa shape index (κ1) is 35.2. The molecule has 0 atom stereocenters. The number of fused-ring (bicyclic) bond motifs is 7. The van der Waals surface area contributed by atoms with Crippen molar-refractivity contribution in [1.82, 2.24) is 0 Å². The molecule has 0 unspecified atom stereocenters. The molecule has 290 valence electrons. The van der Waals surface area contributed by atoms with Crippen LogP contribution >= 0.6 is 0 Å². The molecule has 0 saturated heterocycles. The van der Waals surface area contributed by atoms with Gasteiger partial charge in [-0.3, -0.25) is 0 Å². The molecule has 0 saturated carbocycles. The van der Waals surface area contributed by atoms with Crippen LogP contribution in [0.3, 0.4) is 0 Å². The molecule has 0 aliphatic carbocycles. The lowest BCUT2D eigenvalue weighted by atomic mass is 9.84. The fourth-order valence-electron chi connectivity index (χ4n) is 10.1. The van der Waals surface area contributed by atoms with E-state index in [2.05, 4.69) is 241 Å². The number of rotatable bonds is 4. The second-order valence-corrected chi connectivity index (χ2v) is 16.3. The zero-order valence-electron chi connectivity index (χ0n) is 34.3. The second kappa shape index (κ2) is 13.6. The summed E-state index contributed by atoms with van der Waals surface area (Å²) in [6, 6.07) is 73.9. The van der Waals surface area contributed by atoms with Crippen molar-refractivity contribution in [2.75, 3.05) is 33.7 Å². The van der Waals surface area contributed by atoms with Gasteiger partial charge in [0.15, 0.2) is 0 Å². The van der Waals surface area contributed by atoms with Crippen molar-refractivity contribution in [2.24, 2.45) is 0 Å². The summed E-state index contributed by atoms with van der Waals surface area (Å²) in [6.07, 6.45) is 0. The molecular weight excluding hydrogens is 741 g/mol. The number of anilines is 10. The number of benzene rings is 10. The van der Waals surface area contributed by atoms with E-state index in [0.29, 0.717) is 0 Å². The molecule has 4 nitrogen and oxygen atoms in total. The van der Waals surface area contributed by atoms with Gasteiger partial charge in [0.1, 0.15) is 0 Å². The van der Waals surface area contributed by atoms with Crippen LogP contribution < -0.4 is 19.6 Å². The van der Waals surface area contributed by atoms with E-state index >= 15 is 0 Å². The van der Waals surface area contributed by atoms with Gasteiger partial charge in [0, 0.05) is 25.5 Å². The molecule has 0 radical (unpaired) electrons. The molecule has 0 fully saturated rings. The molecule has 0 aromatic heterocycles. The third-order valence-corrected chi connectivity index (χ3v) is 12.9. The number of hydrogen-bond donors (Lipinski definition) is 0. The Hall–Kier alpha value is -7.82. The fourth-order valence-corrected chi connectivity index (χ4v) is 10.1. The van der Waals surface area contributed by atoms with Gasteiger partial charge in [-0.25, -0.2) is 0 Å². The van der Waals surface area contributed by atoms with Crippen molar-refractivity contribution < 1.29 is 0 Å². The lowest BCUT2D eigenvalue weighted by Gasteiger charge is -2.39. The molecule has 0 N–H and O–H groups in total. The molecule has 0 spiro atoms. The van der Waals surface area contributed by atoms with Crippen LogP contribution in [-0.4, -0.2) is 14.1 Å². The minimum atomic E-state index is 1.12. The zero-order valence-corrected chi connectivity index (χ0v) is 34.3. The Labute approximate surface area is 356 Å². The zero-order chi connectivity index (χ0) is 40.8. The maximum Gasteiger partial charge on any atom is 0.0699 e. The van der Waals surface area contributed by atoms with Crippen LogP contribution in [0.5, 0.6) is 0 Å². The first-order valence-electron chi connectivity index (χ1n) is 21.1. The molecule has 2 aliphatic heterocycles. The Balaban J connectivity index is 1.20. The van der Waals surface area contributed by atoms with E-state index in [0.717, 1.165) is 34.1 Å². The van der Waals surface area contributed by atoms with Crippen molar-refractivity contribution >= 4 is 89.2 Å². The van der Waals surface area contributed by atoms with Crippen LogP contribution in [0.2, 0.25) is 0 Å². The SMILES string of the molecule is Cc1ccc(-c2c3cc(N4c5ccccc5N(C)c5ccccc54)ccc3c(-c3cccc4ccccc34)c3cc(N4c5ccccc5N(C)c5ccccc54)ccc23)cc1. The topological polar surface area (TPSA) is 13.0 Å². The summed E-state index contributed by atoms with van der Waals surface area (Å²) in [7, 11) is 4.34. The number of nitrogens with zero attached hydrogens (tertiary/aromatic N) is 4. The monoisotopic (exact) mass is 782 g/mol. The molecule has 10 aromatic carbocycles. The first-order chi connectivity index (χ1) is 30.0. The van der Waals surface area contributed by atoms with E-state index in [-0.39, 0.29) is 0 Å². The average molecular weight is 783 g/mol. The van der Waals surface area contributed by atoms with Crippen molar-refractivity contribution in [1.29, 1.82) is 0 Å². The third-order valence-electron chi connectivity index (χ3n) is 12.9. The summed E-state index contributed by atoms with van der Waals surface area (Å²) >= 11 is 0. The van der Waals surface area contributed by atoms with Crippen LogP contribution in [0.1, 0.15) is 5.56 Å². The number of aryl methyl sites for hydroxylation is 1. The molecule has 2 aliphatic rings. The van der Waals surface area contributed by atoms with E-state index in [1.807, 2.05) is 0 Å². The van der Waals surface area contributed by atoms with E-state index < -0.39 is 0 Å². The Kier molecular flexibility index (Phi) is 7.85. The van der Waals surface area contributed by atoms with Gasteiger partial charge in [0.25, 0.3) is 0 Å². The Bertz CT molecular complexity index is 3280. The van der Waals surface area contributed by atoms with Gasteiger partial charge in [-0.2, -0.15) is 0 Å². The van der Waals surface area contributed by atoms with Crippen molar-refractivity contribution in [2.45, 2.75) is 6.92 Å². The van der Waals surface area contributed by atoms with Gasteiger partial charge >= 0.3 is 0 Å². The van der Waals surface area contributed by atoms with Gasteiger partial charge in [0.2, 0.25) is 0 Å². The third kappa shape index (κ3) is 5.32. The molecule has 0 amide bonds. The Morgan fingerprint density at radius 1 is 0.311 bits per heavy atom. The smallest absolute Gasteiger partial charge is 0.0699 e. The minimum absolute atomic E-state index is 1.12. The predicted octanol–water partition coefficient (Wildman–Crippen LogP) is 15.9. The largest absolute Gasteiger partial charge is 0.341 e.